The molecule has 4 rings (SSSR count). The van der Waals surface area contributed by atoms with Gasteiger partial charge in [-0.1, -0.05) is 13.0 Å². The average Bonchev–Trinajstić information content (AvgIpc) is 2.79. The summed E-state index contributed by atoms with van der Waals surface area (Å²) in [7, 11) is 1.60. The first-order chi connectivity index (χ1) is 15.0. The van der Waals surface area contributed by atoms with Gasteiger partial charge in [0.2, 0.25) is 0 Å². The number of fused-ring (bicyclic) bond motifs is 1. The van der Waals surface area contributed by atoms with Crippen molar-refractivity contribution in [2.24, 2.45) is 0 Å². The van der Waals surface area contributed by atoms with Crippen LogP contribution in [0.4, 0.5) is 11.4 Å². The molecule has 1 aromatic carbocycles. The molecule has 2 N–H and O–H groups in total. The Balaban J connectivity index is 1.38. The van der Waals surface area contributed by atoms with Gasteiger partial charge in [-0.25, -0.2) is 4.98 Å². The molecule has 1 fully saturated rings. The van der Waals surface area contributed by atoms with E-state index in [0.29, 0.717) is 18.2 Å². The van der Waals surface area contributed by atoms with Crippen molar-refractivity contribution in [2.75, 3.05) is 36.9 Å². The summed E-state index contributed by atoms with van der Waals surface area (Å²) >= 11 is 0. The van der Waals surface area contributed by atoms with Crippen molar-refractivity contribution in [3.63, 3.8) is 0 Å². The molecule has 8 heteroatoms. The van der Waals surface area contributed by atoms with Crippen LogP contribution in [0.15, 0.2) is 36.5 Å². The summed E-state index contributed by atoms with van der Waals surface area (Å²) < 4.78 is 5.79. The molecular weight excluding hydrogens is 394 g/mol. The minimum Gasteiger partial charge on any atom is -0.478 e. The van der Waals surface area contributed by atoms with Gasteiger partial charge in [0.25, 0.3) is 11.8 Å². The number of piperazine rings is 1. The van der Waals surface area contributed by atoms with Crippen LogP contribution < -0.4 is 20.3 Å². The SMILES string of the molecule is CC[C@@H]1Oc2ccc(CN3CCN(c4ccc(C(=O)NC)nc4)CC3C)cc2NC1=O. The molecule has 3 heterocycles. The molecule has 2 aromatic rings. The fraction of sp³-hybridized carbons (Fsp3) is 0.435. The smallest absolute Gasteiger partial charge is 0.269 e. The predicted octanol–water partition coefficient (Wildman–Crippen LogP) is 2.26. The second kappa shape index (κ2) is 8.93. The molecule has 0 spiro atoms. The second-order valence-corrected chi connectivity index (χ2v) is 8.08. The summed E-state index contributed by atoms with van der Waals surface area (Å²) in [6, 6.07) is 10.1. The standard InChI is InChI=1S/C23H29N5O3/c1-4-20-23(30)26-19-11-16(5-8-21(19)31-20)14-27-9-10-28(13-15(27)2)17-6-7-18(25-12-17)22(29)24-3/h5-8,11-12,15,20H,4,9-10,13-14H2,1-3H3,(H,24,29)(H,26,30)/t15?,20-/m0/s1. The number of hydrogen-bond donors (Lipinski definition) is 2. The number of pyridine rings is 1. The van der Waals surface area contributed by atoms with Crippen LogP contribution in [0.3, 0.4) is 0 Å². The van der Waals surface area contributed by atoms with Crippen LogP contribution in [0, 0.1) is 0 Å². The van der Waals surface area contributed by atoms with Crippen LogP contribution >= 0.6 is 0 Å². The number of carbonyl (C=O) groups excluding carboxylic acids is 2. The normalized spacial score (nSPS) is 21.1. The number of amides is 2. The van der Waals surface area contributed by atoms with Crippen LogP contribution in [0.1, 0.15) is 36.3 Å². The molecule has 1 saturated heterocycles. The lowest BCUT2D eigenvalue weighted by Gasteiger charge is -2.41. The van der Waals surface area contributed by atoms with Crippen molar-refractivity contribution < 1.29 is 14.3 Å². The van der Waals surface area contributed by atoms with Crippen LogP contribution in [0.25, 0.3) is 0 Å². The van der Waals surface area contributed by atoms with Gasteiger partial charge in [-0.05, 0) is 43.2 Å². The Hall–Kier alpha value is -3.13. The maximum absolute atomic E-state index is 12.1. The third-order valence-corrected chi connectivity index (χ3v) is 5.96. The van der Waals surface area contributed by atoms with Crippen LogP contribution in [0.5, 0.6) is 5.75 Å². The fourth-order valence-corrected chi connectivity index (χ4v) is 4.10. The molecule has 0 saturated carbocycles. The lowest BCUT2D eigenvalue weighted by atomic mass is 10.1. The summed E-state index contributed by atoms with van der Waals surface area (Å²) in [6.45, 7) is 7.64. The highest BCUT2D eigenvalue weighted by atomic mass is 16.5. The highest BCUT2D eigenvalue weighted by Gasteiger charge is 2.27. The van der Waals surface area contributed by atoms with Crippen LogP contribution in [0.2, 0.25) is 0 Å². The van der Waals surface area contributed by atoms with E-state index in [1.165, 1.54) is 0 Å². The van der Waals surface area contributed by atoms with E-state index in [9.17, 15) is 9.59 Å². The van der Waals surface area contributed by atoms with Gasteiger partial charge in [0.05, 0.1) is 17.6 Å². The number of hydrogen-bond acceptors (Lipinski definition) is 6. The Bertz CT molecular complexity index is 962. The van der Waals surface area contributed by atoms with Gasteiger partial charge in [-0.15, -0.1) is 0 Å². The highest BCUT2D eigenvalue weighted by Crippen LogP contribution is 2.32. The highest BCUT2D eigenvalue weighted by molar-refractivity contribution is 5.97. The molecule has 164 valence electrons. The number of benzene rings is 1. The summed E-state index contributed by atoms with van der Waals surface area (Å²) in [6.07, 6.45) is 2.01. The molecule has 1 unspecified atom stereocenters. The van der Waals surface area contributed by atoms with Crippen LogP contribution in [-0.4, -0.2) is 60.5 Å². The molecule has 1 aromatic heterocycles. The Morgan fingerprint density at radius 3 is 2.81 bits per heavy atom. The van der Waals surface area contributed by atoms with Crippen molar-refractivity contribution in [3.8, 4) is 5.75 Å². The summed E-state index contributed by atoms with van der Waals surface area (Å²) in [5, 5.41) is 5.56. The Morgan fingerprint density at radius 1 is 1.29 bits per heavy atom. The molecular formula is C23H29N5O3. The van der Waals surface area contributed by atoms with E-state index in [-0.39, 0.29) is 11.8 Å². The average molecular weight is 424 g/mol. The molecule has 0 bridgehead atoms. The van der Waals surface area contributed by atoms with Crippen molar-refractivity contribution in [1.29, 1.82) is 0 Å². The molecule has 8 nitrogen and oxygen atoms in total. The summed E-state index contributed by atoms with van der Waals surface area (Å²) in [5.74, 6) is 0.479. The first-order valence-electron chi connectivity index (χ1n) is 10.8. The zero-order valence-corrected chi connectivity index (χ0v) is 18.2. The molecule has 2 atom stereocenters. The van der Waals surface area contributed by atoms with Crippen molar-refractivity contribution >= 4 is 23.2 Å². The number of ether oxygens (including phenoxy) is 1. The van der Waals surface area contributed by atoms with E-state index in [0.717, 1.165) is 48.9 Å². The fourth-order valence-electron chi connectivity index (χ4n) is 4.10. The maximum Gasteiger partial charge on any atom is 0.269 e. The van der Waals surface area contributed by atoms with E-state index < -0.39 is 6.10 Å². The maximum atomic E-state index is 12.1. The van der Waals surface area contributed by atoms with Crippen LogP contribution in [-0.2, 0) is 11.3 Å². The van der Waals surface area contributed by atoms with Gasteiger partial charge in [0, 0.05) is 39.3 Å². The molecule has 31 heavy (non-hydrogen) atoms. The number of nitrogens with zero attached hydrogens (tertiary/aromatic N) is 3. The second-order valence-electron chi connectivity index (χ2n) is 8.08. The molecule has 2 aliphatic heterocycles. The number of nitrogens with one attached hydrogen (secondary N) is 2. The van der Waals surface area contributed by atoms with Gasteiger partial charge in [0.15, 0.2) is 6.10 Å². The van der Waals surface area contributed by atoms with E-state index in [4.69, 9.17) is 4.74 Å². The van der Waals surface area contributed by atoms with Gasteiger partial charge in [-0.3, -0.25) is 14.5 Å². The number of anilines is 2. The van der Waals surface area contributed by atoms with E-state index in [1.807, 2.05) is 25.1 Å². The largest absolute Gasteiger partial charge is 0.478 e. The van der Waals surface area contributed by atoms with Gasteiger partial charge in [0.1, 0.15) is 11.4 Å². The third kappa shape index (κ3) is 4.49. The van der Waals surface area contributed by atoms with Gasteiger partial charge < -0.3 is 20.3 Å². The summed E-state index contributed by atoms with van der Waals surface area (Å²) in [4.78, 5) is 32.8. The lowest BCUT2D eigenvalue weighted by molar-refractivity contribution is -0.123. The topological polar surface area (TPSA) is 86.8 Å². The quantitative estimate of drug-likeness (QED) is 0.767. The molecule has 2 aliphatic rings. The zero-order chi connectivity index (χ0) is 22.0. The minimum absolute atomic E-state index is 0.0785. The predicted molar refractivity (Wildman–Crippen MR) is 119 cm³/mol. The van der Waals surface area contributed by atoms with Crippen molar-refractivity contribution in [3.05, 3.63) is 47.8 Å². The molecule has 0 radical (unpaired) electrons. The van der Waals surface area contributed by atoms with Crippen molar-refractivity contribution in [1.82, 2.24) is 15.2 Å². The van der Waals surface area contributed by atoms with E-state index in [2.05, 4.69) is 38.4 Å². The minimum atomic E-state index is -0.411. The van der Waals surface area contributed by atoms with Crippen molar-refractivity contribution in [2.45, 2.75) is 39.0 Å². The van der Waals surface area contributed by atoms with Gasteiger partial charge in [-0.2, -0.15) is 0 Å². The number of rotatable bonds is 5. The third-order valence-electron chi connectivity index (χ3n) is 5.96. The number of carbonyl (C=O) groups is 2. The Kier molecular flexibility index (Phi) is 6.08. The molecule has 0 aliphatic carbocycles. The molecule has 2 amide bonds. The Morgan fingerprint density at radius 2 is 2.13 bits per heavy atom. The zero-order valence-electron chi connectivity index (χ0n) is 18.2. The summed E-state index contributed by atoms with van der Waals surface area (Å²) in [5.41, 5.74) is 3.35. The lowest BCUT2D eigenvalue weighted by Crippen LogP contribution is -2.51. The number of aromatic nitrogens is 1. The first-order valence-corrected chi connectivity index (χ1v) is 10.8. The first kappa shape index (κ1) is 21.1. The Labute approximate surface area is 182 Å². The van der Waals surface area contributed by atoms with Gasteiger partial charge >= 0.3 is 0 Å². The monoisotopic (exact) mass is 423 g/mol. The van der Waals surface area contributed by atoms with E-state index >= 15 is 0 Å². The van der Waals surface area contributed by atoms with E-state index in [1.54, 1.807) is 19.3 Å².